The van der Waals surface area contributed by atoms with Gasteiger partial charge in [0.05, 0.1) is 17.4 Å². The van der Waals surface area contributed by atoms with E-state index in [1.54, 1.807) is 12.4 Å². The second-order valence-electron chi connectivity index (χ2n) is 6.25. The van der Waals surface area contributed by atoms with Crippen LogP contribution < -0.4 is 5.32 Å². The van der Waals surface area contributed by atoms with Crippen molar-refractivity contribution in [2.45, 2.75) is 18.9 Å². The molecule has 2 aliphatic rings. The molecule has 0 aromatic carbocycles. The molecule has 112 valence electrons. The normalized spacial score (nSPS) is 26.8. The third kappa shape index (κ3) is 2.26. The number of aromatic nitrogens is 2. The van der Waals surface area contributed by atoms with Gasteiger partial charge in [0.2, 0.25) is 0 Å². The van der Waals surface area contributed by atoms with Crippen LogP contribution >= 0.6 is 0 Å². The lowest BCUT2D eigenvalue weighted by molar-refractivity contribution is 0.0904. The quantitative estimate of drug-likeness (QED) is 0.845. The molecule has 5 nitrogen and oxygen atoms in total. The van der Waals surface area contributed by atoms with Crippen molar-refractivity contribution in [2.75, 3.05) is 19.6 Å². The van der Waals surface area contributed by atoms with Gasteiger partial charge in [-0.2, -0.15) is 0 Å². The van der Waals surface area contributed by atoms with Crippen LogP contribution in [0.4, 0.5) is 0 Å². The van der Waals surface area contributed by atoms with Crippen molar-refractivity contribution in [1.29, 1.82) is 0 Å². The molecule has 2 saturated heterocycles. The molecular weight excluding hydrogens is 276 g/mol. The Morgan fingerprint density at radius 2 is 2.32 bits per heavy atom. The van der Waals surface area contributed by atoms with E-state index < -0.39 is 0 Å². The van der Waals surface area contributed by atoms with Gasteiger partial charge in [-0.3, -0.25) is 4.79 Å². The molecule has 2 aromatic heterocycles. The van der Waals surface area contributed by atoms with Gasteiger partial charge in [-0.15, -0.1) is 6.42 Å². The number of amides is 1. The molecule has 22 heavy (non-hydrogen) atoms. The molecule has 2 aromatic rings. The monoisotopic (exact) mass is 294 g/mol. The number of terminal acetylenes is 1. The van der Waals surface area contributed by atoms with E-state index >= 15 is 0 Å². The highest BCUT2D eigenvalue weighted by Gasteiger charge is 2.33. The van der Waals surface area contributed by atoms with Gasteiger partial charge in [0, 0.05) is 25.3 Å². The van der Waals surface area contributed by atoms with Gasteiger partial charge in [-0.1, -0.05) is 5.92 Å². The molecule has 4 rings (SSSR count). The molecule has 2 bridgehead atoms. The lowest BCUT2D eigenvalue weighted by Crippen LogP contribution is -2.47. The molecule has 0 saturated carbocycles. The van der Waals surface area contributed by atoms with Gasteiger partial charge in [0.15, 0.2) is 0 Å². The molecule has 2 fully saturated rings. The van der Waals surface area contributed by atoms with Crippen molar-refractivity contribution in [2.24, 2.45) is 5.92 Å². The first-order valence-corrected chi connectivity index (χ1v) is 7.70. The van der Waals surface area contributed by atoms with Crippen LogP contribution in [-0.2, 0) is 0 Å². The first kappa shape index (κ1) is 13.4. The highest BCUT2D eigenvalue weighted by atomic mass is 16.2. The summed E-state index contributed by atoms with van der Waals surface area (Å²) in [6.45, 7) is 3.30. The molecule has 1 amide bonds. The van der Waals surface area contributed by atoms with Gasteiger partial charge in [0.25, 0.3) is 5.91 Å². The van der Waals surface area contributed by atoms with E-state index in [2.05, 4.69) is 21.1 Å². The van der Waals surface area contributed by atoms with Crippen molar-refractivity contribution in [3.8, 4) is 12.3 Å². The Bertz CT molecular complexity index is 761. The number of nitrogens with one attached hydrogen (secondary N) is 1. The highest BCUT2D eigenvalue weighted by molar-refractivity contribution is 5.92. The fourth-order valence-electron chi connectivity index (χ4n) is 3.66. The Hall–Kier alpha value is -2.32. The van der Waals surface area contributed by atoms with Crippen LogP contribution in [-0.4, -0.2) is 45.9 Å². The van der Waals surface area contributed by atoms with E-state index in [4.69, 9.17) is 6.42 Å². The standard InChI is InChI=1S/C17H18N4O/c1-2-14-3-4-15-8-18-16(11-21(14)15)17(22)19-13-7-12-5-6-20(9-12)10-13/h1,3-4,8,11-13H,5-7,9-10H2,(H,19,22)/t12-,13-/m1/s1. The molecule has 1 N–H and O–H groups in total. The summed E-state index contributed by atoms with van der Waals surface area (Å²) in [7, 11) is 0. The Morgan fingerprint density at radius 3 is 3.14 bits per heavy atom. The van der Waals surface area contributed by atoms with E-state index in [0.717, 1.165) is 36.6 Å². The van der Waals surface area contributed by atoms with Gasteiger partial charge < -0.3 is 14.6 Å². The summed E-state index contributed by atoms with van der Waals surface area (Å²) >= 11 is 0. The van der Waals surface area contributed by atoms with Gasteiger partial charge in [-0.05, 0) is 37.4 Å². The first-order chi connectivity index (χ1) is 10.7. The number of carbonyl (C=O) groups excluding carboxylic acids is 1. The molecule has 0 aliphatic carbocycles. The Kier molecular flexibility index (Phi) is 3.12. The molecule has 0 spiro atoms. The van der Waals surface area contributed by atoms with Crippen LogP contribution in [0.1, 0.15) is 29.0 Å². The fraction of sp³-hybridized carbons (Fsp3) is 0.412. The predicted octanol–water partition coefficient (Wildman–Crippen LogP) is 1.14. The topological polar surface area (TPSA) is 49.6 Å². The number of nitrogens with zero attached hydrogens (tertiary/aromatic N) is 3. The van der Waals surface area contributed by atoms with Crippen molar-refractivity contribution in [1.82, 2.24) is 19.6 Å². The minimum Gasteiger partial charge on any atom is -0.347 e. The Morgan fingerprint density at radius 1 is 1.41 bits per heavy atom. The maximum Gasteiger partial charge on any atom is 0.271 e. The minimum absolute atomic E-state index is 0.119. The van der Waals surface area contributed by atoms with Crippen molar-refractivity contribution in [3.63, 3.8) is 0 Å². The van der Waals surface area contributed by atoms with Crippen LogP contribution in [0.25, 0.3) is 5.52 Å². The fourth-order valence-corrected chi connectivity index (χ4v) is 3.66. The van der Waals surface area contributed by atoms with Crippen molar-refractivity contribution in [3.05, 3.63) is 35.9 Å². The molecule has 1 unspecified atom stereocenters. The second-order valence-corrected chi connectivity index (χ2v) is 6.25. The smallest absolute Gasteiger partial charge is 0.271 e. The van der Waals surface area contributed by atoms with Crippen molar-refractivity contribution >= 4 is 11.4 Å². The van der Waals surface area contributed by atoms with Crippen LogP contribution in [0.3, 0.4) is 0 Å². The van der Waals surface area contributed by atoms with Gasteiger partial charge in [0.1, 0.15) is 5.69 Å². The van der Waals surface area contributed by atoms with Crippen molar-refractivity contribution < 1.29 is 4.79 Å². The SMILES string of the molecule is C#Cc1ccc2cnc(C(=O)N[C@@H]3C[C@H]4CCN(C4)C3)cn12. The summed E-state index contributed by atoms with van der Waals surface area (Å²) in [6.07, 6.45) is 11.2. The zero-order valence-electron chi connectivity index (χ0n) is 12.3. The lowest BCUT2D eigenvalue weighted by atomic mass is 9.97. The average Bonchev–Trinajstić information content (AvgIpc) is 3.09. The molecule has 3 atom stereocenters. The largest absolute Gasteiger partial charge is 0.347 e. The third-order valence-corrected chi connectivity index (χ3v) is 4.72. The van der Waals surface area contributed by atoms with Gasteiger partial charge in [-0.25, -0.2) is 4.98 Å². The third-order valence-electron chi connectivity index (χ3n) is 4.72. The van der Waals surface area contributed by atoms with Gasteiger partial charge >= 0.3 is 0 Å². The lowest BCUT2D eigenvalue weighted by Gasteiger charge is -2.30. The zero-order valence-corrected chi connectivity index (χ0v) is 12.3. The maximum atomic E-state index is 12.5. The van der Waals surface area contributed by atoms with Crippen LogP contribution in [0.2, 0.25) is 0 Å². The maximum absolute atomic E-state index is 12.5. The summed E-state index contributed by atoms with van der Waals surface area (Å²) in [5.41, 5.74) is 2.03. The summed E-state index contributed by atoms with van der Waals surface area (Å²) < 4.78 is 1.83. The van der Waals surface area contributed by atoms with E-state index in [0.29, 0.717) is 5.69 Å². The number of piperidine rings is 1. The van der Waals surface area contributed by atoms with E-state index in [9.17, 15) is 4.79 Å². The molecular formula is C17H18N4O. The van der Waals surface area contributed by atoms with Crippen LogP contribution in [0, 0.1) is 18.3 Å². The Balaban J connectivity index is 1.54. The Labute approximate surface area is 129 Å². The molecule has 2 aliphatic heterocycles. The number of hydrogen-bond donors (Lipinski definition) is 1. The number of rotatable bonds is 2. The minimum atomic E-state index is -0.119. The van der Waals surface area contributed by atoms with E-state index in [1.165, 1.54) is 13.0 Å². The van der Waals surface area contributed by atoms with Crippen LogP contribution in [0.15, 0.2) is 24.5 Å². The highest BCUT2D eigenvalue weighted by Crippen LogP contribution is 2.26. The molecule has 5 heteroatoms. The van der Waals surface area contributed by atoms with Crippen LogP contribution in [0.5, 0.6) is 0 Å². The average molecular weight is 294 g/mol. The summed E-state index contributed by atoms with van der Waals surface area (Å²) in [4.78, 5) is 19.1. The number of carbonyl (C=O) groups is 1. The van der Waals surface area contributed by atoms with E-state index in [1.807, 2.05) is 16.5 Å². The zero-order chi connectivity index (χ0) is 15.1. The summed E-state index contributed by atoms with van der Waals surface area (Å²) in [6, 6.07) is 3.98. The predicted molar refractivity (Wildman–Crippen MR) is 83.5 cm³/mol. The molecule has 0 radical (unpaired) electrons. The summed E-state index contributed by atoms with van der Waals surface area (Å²) in [5, 5.41) is 3.12. The first-order valence-electron chi connectivity index (χ1n) is 7.70. The molecule has 4 heterocycles. The second kappa shape index (κ2) is 5.15. The van der Waals surface area contributed by atoms with E-state index in [-0.39, 0.29) is 11.9 Å². The number of hydrogen-bond acceptors (Lipinski definition) is 3. The summed E-state index contributed by atoms with van der Waals surface area (Å²) in [5.74, 6) is 3.22. The number of fused-ring (bicyclic) bond motifs is 3.